The van der Waals surface area contributed by atoms with Crippen LogP contribution in [0.15, 0.2) is 11.3 Å². The summed E-state index contributed by atoms with van der Waals surface area (Å²) in [5, 5.41) is 41.5. The monoisotopic (exact) mass is 831 g/mol. The maximum atomic E-state index is 13.7. The van der Waals surface area contributed by atoms with Gasteiger partial charge >= 0.3 is 5.97 Å². The third kappa shape index (κ3) is 12.0. The van der Waals surface area contributed by atoms with Crippen LogP contribution in [0.3, 0.4) is 0 Å². The second-order valence-electron chi connectivity index (χ2n) is 21.3. The van der Waals surface area contributed by atoms with E-state index in [1.54, 1.807) is 0 Å². The van der Waals surface area contributed by atoms with Gasteiger partial charge in [0.1, 0.15) is 30.2 Å². The van der Waals surface area contributed by atoms with Gasteiger partial charge in [-0.15, -0.1) is 0 Å². The van der Waals surface area contributed by atoms with Crippen molar-refractivity contribution in [3.8, 4) is 0 Å². The molecule has 8 nitrogen and oxygen atoms in total. The quantitative estimate of drug-likeness (QED) is 0.0560. The highest BCUT2D eigenvalue weighted by atomic mass is 16.7. The average Bonchev–Trinajstić information content (AvgIpc) is 3.57. The maximum Gasteiger partial charge on any atom is 0.310 e. The Kier molecular flexibility index (Phi) is 19.1. The van der Waals surface area contributed by atoms with Crippen LogP contribution in [0.1, 0.15) is 209 Å². The number of aliphatic hydroxyl groups is 4. The molecular formula is C51H90O8. The largest absolute Gasteiger partial charge is 0.431 e. The Bertz CT molecular complexity index is 1300. The number of fused-ring (bicyclic) bond motifs is 5. The van der Waals surface area contributed by atoms with Gasteiger partial charge in [-0.3, -0.25) is 4.79 Å². The number of esters is 1. The lowest BCUT2D eigenvalue weighted by molar-refractivity contribution is -0.313. The number of carbonyl (C=O) groups is 1. The van der Waals surface area contributed by atoms with Crippen LogP contribution in [0, 0.1) is 52.3 Å². The van der Waals surface area contributed by atoms with Gasteiger partial charge in [0.2, 0.25) is 0 Å². The van der Waals surface area contributed by atoms with Crippen molar-refractivity contribution < 1.29 is 39.4 Å². The molecule has 1 saturated heterocycles. The normalized spacial score (nSPS) is 36.9. The number of aliphatic hydroxyl groups excluding tert-OH is 4. The molecule has 0 bridgehead atoms. The summed E-state index contributed by atoms with van der Waals surface area (Å²) in [5.74, 6) is 5.38. The molecule has 0 aromatic rings. The van der Waals surface area contributed by atoms with E-state index in [-0.39, 0.29) is 17.5 Å². The van der Waals surface area contributed by atoms with Crippen molar-refractivity contribution in [1.29, 1.82) is 0 Å². The molecule has 0 aromatic carbocycles. The highest BCUT2D eigenvalue weighted by Gasteiger charge is 2.61. The zero-order chi connectivity index (χ0) is 42.7. The van der Waals surface area contributed by atoms with Gasteiger partial charge in [-0.2, -0.15) is 0 Å². The summed E-state index contributed by atoms with van der Waals surface area (Å²) in [6, 6.07) is 0. The predicted molar refractivity (Wildman–Crippen MR) is 236 cm³/mol. The van der Waals surface area contributed by atoms with E-state index in [0.717, 1.165) is 55.6 Å². The second kappa shape index (κ2) is 23.1. The number of hydrogen-bond donors (Lipinski definition) is 4. The van der Waals surface area contributed by atoms with Gasteiger partial charge in [0.05, 0.1) is 12.7 Å². The molecule has 0 amide bonds. The standard InChI is InChI=1S/C51H90O8/c1-8-10-11-12-13-14-15-16-17-18-19-20-21-22-45(53)58-43-32-38-40-26-25-39(35(5)23-24-36(9-2)34(3)4)50(40,6)30-28-41(38)51(7)29-27-37(31-42(43)51)57-49-48(56)47(55)46(54)44(33-52)59-49/h34-41,44,46-49,52,54-56H,8-33H2,1-7H3/t35-,36-,37+,38+,39-,40+,41+,44-,46-,47+,48-,49-,50-,51-/m1/s1. The van der Waals surface area contributed by atoms with Gasteiger partial charge in [-0.25, -0.2) is 0 Å². The Morgan fingerprint density at radius 3 is 2.02 bits per heavy atom. The van der Waals surface area contributed by atoms with Crippen molar-refractivity contribution in [3.05, 3.63) is 11.3 Å². The van der Waals surface area contributed by atoms with Gasteiger partial charge in [0.15, 0.2) is 6.29 Å². The number of rotatable bonds is 24. The molecule has 59 heavy (non-hydrogen) atoms. The van der Waals surface area contributed by atoms with Crippen LogP contribution >= 0.6 is 0 Å². The number of carbonyl (C=O) groups excluding carboxylic acids is 1. The van der Waals surface area contributed by atoms with E-state index >= 15 is 0 Å². The van der Waals surface area contributed by atoms with Gasteiger partial charge in [0.25, 0.3) is 0 Å². The minimum atomic E-state index is -1.48. The van der Waals surface area contributed by atoms with Crippen molar-refractivity contribution >= 4 is 5.97 Å². The van der Waals surface area contributed by atoms with Crippen LogP contribution in [0.4, 0.5) is 0 Å². The predicted octanol–water partition coefficient (Wildman–Crippen LogP) is 11.2. The van der Waals surface area contributed by atoms with Crippen LogP contribution < -0.4 is 0 Å². The number of ether oxygens (including phenoxy) is 3. The Labute approximate surface area is 360 Å². The zero-order valence-electron chi connectivity index (χ0n) is 38.8. The van der Waals surface area contributed by atoms with Gasteiger partial charge < -0.3 is 34.6 Å². The first-order chi connectivity index (χ1) is 28.3. The van der Waals surface area contributed by atoms with Gasteiger partial charge in [-0.05, 0) is 116 Å². The molecule has 0 aromatic heterocycles. The summed E-state index contributed by atoms with van der Waals surface area (Å²) in [7, 11) is 0. The van der Waals surface area contributed by atoms with Crippen LogP contribution in [-0.2, 0) is 19.0 Å². The lowest BCUT2D eigenvalue weighted by Gasteiger charge is -2.59. The maximum absolute atomic E-state index is 13.7. The molecule has 4 fully saturated rings. The van der Waals surface area contributed by atoms with Crippen molar-refractivity contribution in [1.82, 2.24) is 0 Å². The highest BCUT2D eigenvalue weighted by molar-refractivity contribution is 5.70. The molecule has 1 heterocycles. The topological polar surface area (TPSA) is 126 Å². The molecule has 8 heteroatoms. The first kappa shape index (κ1) is 49.0. The second-order valence-corrected chi connectivity index (χ2v) is 21.3. The molecule has 0 unspecified atom stereocenters. The lowest BCUT2D eigenvalue weighted by atomic mass is 9.46. The molecule has 4 aliphatic carbocycles. The van der Waals surface area contributed by atoms with Crippen molar-refractivity contribution in [2.24, 2.45) is 52.3 Å². The van der Waals surface area contributed by atoms with E-state index < -0.39 is 37.3 Å². The Morgan fingerprint density at radius 1 is 0.763 bits per heavy atom. The van der Waals surface area contributed by atoms with E-state index in [4.69, 9.17) is 14.2 Å². The third-order valence-electron chi connectivity index (χ3n) is 17.2. The van der Waals surface area contributed by atoms with E-state index in [1.807, 2.05) is 0 Å². The molecule has 1 aliphatic heterocycles. The fourth-order valence-corrected chi connectivity index (χ4v) is 13.4. The molecule has 0 radical (unpaired) electrons. The molecule has 5 rings (SSSR count). The molecule has 342 valence electrons. The van der Waals surface area contributed by atoms with Crippen LogP contribution in [0.5, 0.6) is 0 Å². The molecule has 4 N–H and O–H groups in total. The highest BCUT2D eigenvalue weighted by Crippen LogP contribution is 2.68. The first-order valence-electron chi connectivity index (χ1n) is 25.2. The Hall–Kier alpha value is -1.03. The van der Waals surface area contributed by atoms with Crippen LogP contribution in [0.25, 0.3) is 0 Å². The van der Waals surface area contributed by atoms with Crippen LogP contribution in [-0.4, -0.2) is 69.8 Å². The summed E-state index contributed by atoms with van der Waals surface area (Å²) < 4.78 is 18.7. The SMILES string of the molecule is CCCCCCCCCCCCCCCC(=O)OC1=C2C[C@@H](O[C@@H]3O[C@H](CO)[C@@H](O)[C@H](O)[C@H]3O)CC[C@]2(C)[C@H]2CC[C@]3(C)[C@@H]([C@H](C)CC[C@@H](CC)C(C)C)CC[C@H]3[C@@H]2C1. The van der Waals surface area contributed by atoms with Gasteiger partial charge in [-0.1, -0.05) is 138 Å². The fourth-order valence-electron chi connectivity index (χ4n) is 13.4. The summed E-state index contributed by atoms with van der Waals surface area (Å²) in [5.41, 5.74) is 1.39. The molecule has 3 saturated carbocycles. The Balaban J connectivity index is 1.24. The summed E-state index contributed by atoms with van der Waals surface area (Å²) in [6.07, 6.45) is 22.1. The van der Waals surface area contributed by atoms with Crippen LogP contribution in [0.2, 0.25) is 0 Å². The zero-order valence-corrected chi connectivity index (χ0v) is 38.8. The first-order valence-corrected chi connectivity index (χ1v) is 25.2. The molecule has 5 aliphatic rings. The minimum absolute atomic E-state index is 0.111. The van der Waals surface area contributed by atoms with Crippen molar-refractivity contribution in [3.63, 3.8) is 0 Å². The van der Waals surface area contributed by atoms with E-state index in [9.17, 15) is 25.2 Å². The fraction of sp³-hybridized carbons (Fsp3) is 0.941. The molecule has 14 atom stereocenters. The third-order valence-corrected chi connectivity index (χ3v) is 17.2. The Morgan fingerprint density at radius 2 is 1.41 bits per heavy atom. The number of hydrogen-bond acceptors (Lipinski definition) is 8. The van der Waals surface area contributed by atoms with E-state index in [2.05, 4.69) is 48.5 Å². The average molecular weight is 831 g/mol. The van der Waals surface area contributed by atoms with Crippen molar-refractivity contribution in [2.75, 3.05) is 6.61 Å². The summed E-state index contributed by atoms with van der Waals surface area (Å²) >= 11 is 0. The smallest absolute Gasteiger partial charge is 0.310 e. The molecular weight excluding hydrogens is 741 g/mol. The van der Waals surface area contributed by atoms with E-state index in [1.165, 1.54) is 121 Å². The van der Waals surface area contributed by atoms with E-state index in [0.29, 0.717) is 41.9 Å². The lowest BCUT2D eigenvalue weighted by Crippen LogP contribution is -2.60. The summed E-state index contributed by atoms with van der Waals surface area (Å²) in [6.45, 7) is 16.5. The summed E-state index contributed by atoms with van der Waals surface area (Å²) in [4.78, 5) is 13.7. The van der Waals surface area contributed by atoms with Crippen molar-refractivity contribution in [2.45, 2.75) is 246 Å². The number of unbranched alkanes of at least 4 members (excludes halogenated alkanes) is 12. The van der Waals surface area contributed by atoms with Gasteiger partial charge in [0, 0.05) is 12.8 Å². The number of allylic oxidation sites excluding steroid dienone is 1. The minimum Gasteiger partial charge on any atom is -0.431 e. The molecule has 0 spiro atoms.